The molecular formula is C14H15NO3S. The Morgan fingerprint density at radius 2 is 2.16 bits per heavy atom. The molecule has 4 nitrogen and oxygen atoms in total. The molecule has 0 radical (unpaired) electrons. The maximum absolute atomic E-state index is 11.7. The number of esters is 1. The molecule has 1 heterocycles. The van der Waals surface area contributed by atoms with Gasteiger partial charge in [0.25, 0.3) is 0 Å². The van der Waals surface area contributed by atoms with E-state index >= 15 is 0 Å². The van der Waals surface area contributed by atoms with Crippen LogP contribution in [0, 0.1) is 0 Å². The predicted molar refractivity (Wildman–Crippen MR) is 75.5 cm³/mol. The Kier molecular flexibility index (Phi) is 4.41. The number of anilines is 1. The minimum absolute atomic E-state index is 0.317. The van der Waals surface area contributed by atoms with Crippen LogP contribution in [0.15, 0.2) is 35.7 Å². The van der Waals surface area contributed by atoms with Crippen molar-refractivity contribution >= 4 is 23.0 Å². The molecule has 0 saturated heterocycles. The summed E-state index contributed by atoms with van der Waals surface area (Å²) in [6.45, 7) is 2.51. The number of carbonyl (C=O) groups excluding carboxylic acids is 1. The molecule has 0 aliphatic carbocycles. The zero-order chi connectivity index (χ0) is 13.7. The van der Waals surface area contributed by atoms with Crippen LogP contribution < -0.4 is 10.5 Å². The van der Waals surface area contributed by atoms with Crippen molar-refractivity contribution in [2.24, 2.45) is 0 Å². The highest BCUT2D eigenvalue weighted by Crippen LogP contribution is 2.27. The second-order valence-electron chi connectivity index (χ2n) is 3.81. The lowest BCUT2D eigenvalue weighted by Gasteiger charge is -2.11. The number of nitrogen functional groups attached to an aromatic ring is 1. The zero-order valence-electron chi connectivity index (χ0n) is 10.6. The highest BCUT2D eigenvalue weighted by atomic mass is 32.1. The maximum atomic E-state index is 11.7. The normalized spacial score (nSPS) is 10.2. The molecule has 0 spiro atoms. The summed E-state index contributed by atoms with van der Waals surface area (Å²) in [5.74, 6) is 0.0699. The Hall–Kier alpha value is -2.01. The van der Waals surface area contributed by atoms with Gasteiger partial charge < -0.3 is 15.2 Å². The van der Waals surface area contributed by atoms with Gasteiger partial charge in [-0.3, -0.25) is 0 Å². The summed E-state index contributed by atoms with van der Waals surface area (Å²) in [4.78, 5) is 12.8. The van der Waals surface area contributed by atoms with Crippen LogP contribution in [0.25, 0.3) is 0 Å². The van der Waals surface area contributed by atoms with Crippen LogP contribution in [-0.2, 0) is 11.3 Å². The van der Waals surface area contributed by atoms with E-state index in [1.165, 1.54) is 0 Å². The number of ether oxygens (including phenoxy) is 2. The summed E-state index contributed by atoms with van der Waals surface area (Å²) < 4.78 is 10.6. The average Bonchev–Trinajstić information content (AvgIpc) is 2.91. The van der Waals surface area contributed by atoms with E-state index in [1.807, 2.05) is 17.5 Å². The SMILES string of the molecule is CCOC(=O)c1cccc(OCc2cccs2)c1N. The summed E-state index contributed by atoms with van der Waals surface area (Å²) >= 11 is 1.61. The predicted octanol–water partition coefficient (Wildman–Crippen LogP) is 3.09. The zero-order valence-corrected chi connectivity index (χ0v) is 11.4. The molecule has 0 fully saturated rings. The largest absolute Gasteiger partial charge is 0.486 e. The molecule has 19 heavy (non-hydrogen) atoms. The highest BCUT2D eigenvalue weighted by molar-refractivity contribution is 7.09. The van der Waals surface area contributed by atoms with Crippen molar-refractivity contribution in [1.82, 2.24) is 0 Å². The smallest absolute Gasteiger partial charge is 0.340 e. The fourth-order valence-electron chi connectivity index (χ4n) is 1.60. The molecule has 0 aliphatic heterocycles. The van der Waals surface area contributed by atoms with E-state index in [4.69, 9.17) is 15.2 Å². The number of thiophene rings is 1. The lowest BCUT2D eigenvalue weighted by Crippen LogP contribution is -2.09. The van der Waals surface area contributed by atoms with Gasteiger partial charge in [0.15, 0.2) is 0 Å². The van der Waals surface area contributed by atoms with Gasteiger partial charge in [-0.25, -0.2) is 4.79 Å². The van der Waals surface area contributed by atoms with Gasteiger partial charge in [0.1, 0.15) is 12.4 Å². The second kappa shape index (κ2) is 6.24. The van der Waals surface area contributed by atoms with Gasteiger partial charge in [-0.2, -0.15) is 0 Å². The van der Waals surface area contributed by atoms with Crippen molar-refractivity contribution in [3.63, 3.8) is 0 Å². The van der Waals surface area contributed by atoms with Crippen LogP contribution in [0.5, 0.6) is 5.75 Å². The number of para-hydroxylation sites is 1. The number of benzene rings is 1. The molecule has 0 saturated carbocycles. The molecule has 2 N–H and O–H groups in total. The van der Waals surface area contributed by atoms with E-state index < -0.39 is 5.97 Å². The molecule has 0 atom stereocenters. The van der Waals surface area contributed by atoms with E-state index in [9.17, 15) is 4.79 Å². The van der Waals surface area contributed by atoms with Crippen LogP contribution in [-0.4, -0.2) is 12.6 Å². The van der Waals surface area contributed by atoms with E-state index in [-0.39, 0.29) is 0 Å². The number of hydrogen-bond acceptors (Lipinski definition) is 5. The average molecular weight is 277 g/mol. The molecule has 0 amide bonds. The Labute approximate surface area is 115 Å². The van der Waals surface area contributed by atoms with Gasteiger partial charge in [0, 0.05) is 4.88 Å². The number of rotatable bonds is 5. The molecular weight excluding hydrogens is 262 g/mol. The van der Waals surface area contributed by atoms with Crippen LogP contribution in [0.3, 0.4) is 0 Å². The van der Waals surface area contributed by atoms with Gasteiger partial charge in [0.05, 0.1) is 17.9 Å². The minimum atomic E-state index is -0.429. The standard InChI is InChI=1S/C14H15NO3S/c1-2-17-14(16)11-6-3-7-12(13(11)15)18-9-10-5-4-8-19-10/h3-8H,2,9,15H2,1H3. The molecule has 1 aromatic heterocycles. The molecule has 1 aromatic carbocycles. The topological polar surface area (TPSA) is 61.5 Å². The van der Waals surface area contributed by atoms with Gasteiger partial charge in [-0.1, -0.05) is 12.1 Å². The minimum Gasteiger partial charge on any atom is -0.486 e. The summed E-state index contributed by atoms with van der Waals surface area (Å²) in [5, 5.41) is 1.98. The molecule has 100 valence electrons. The van der Waals surface area contributed by atoms with Gasteiger partial charge in [-0.05, 0) is 30.5 Å². The van der Waals surface area contributed by atoms with Crippen LogP contribution in [0.1, 0.15) is 22.2 Å². The van der Waals surface area contributed by atoms with E-state index in [2.05, 4.69) is 0 Å². The van der Waals surface area contributed by atoms with Gasteiger partial charge >= 0.3 is 5.97 Å². The lowest BCUT2D eigenvalue weighted by atomic mass is 10.1. The first kappa shape index (κ1) is 13.4. The first-order valence-electron chi connectivity index (χ1n) is 5.93. The molecule has 0 unspecified atom stereocenters. The van der Waals surface area contributed by atoms with Crippen molar-refractivity contribution in [1.29, 1.82) is 0 Å². The van der Waals surface area contributed by atoms with E-state index in [1.54, 1.807) is 36.5 Å². The van der Waals surface area contributed by atoms with Crippen molar-refractivity contribution in [3.8, 4) is 5.75 Å². The Balaban J connectivity index is 2.13. The van der Waals surface area contributed by atoms with Crippen LogP contribution in [0.2, 0.25) is 0 Å². The van der Waals surface area contributed by atoms with Gasteiger partial charge in [-0.15, -0.1) is 11.3 Å². The first-order chi connectivity index (χ1) is 9.22. The summed E-state index contributed by atoms with van der Waals surface area (Å²) in [6, 6.07) is 9.04. The fraction of sp³-hybridized carbons (Fsp3) is 0.214. The van der Waals surface area contributed by atoms with E-state index in [0.717, 1.165) is 4.88 Å². The van der Waals surface area contributed by atoms with Crippen LogP contribution >= 0.6 is 11.3 Å². The third-order valence-corrected chi connectivity index (χ3v) is 3.36. The second-order valence-corrected chi connectivity index (χ2v) is 4.84. The van der Waals surface area contributed by atoms with Gasteiger partial charge in [0.2, 0.25) is 0 Å². The third-order valence-electron chi connectivity index (χ3n) is 2.51. The maximum Gasteiger partial charge on any atom is 0.340 e. The summed E-state index contributed by atoms with van der Waals surface area (Å²) in [6.07, 6.45) is 0. The third kappa shape index (κ3) is 3.26. The number of hydrogen-bond donors (Lipinski definition) is 1. The van der Waals surface area contributed by atoms with Crippen molar-refractivity contribution in [2.45, 2.75) is 13.5 Å². The van der Waals surface area contributed by atoms with Crippen molar-refractivity contribution < 1.29 is 14.3 Å². The lowest BCUT2D eigenvalue weighted by molar-refractivity contribution is 0.0527. The Morgan fingerprint density at radius 3 is 2.84 bits per heavy atom. The Morgan fingerprint density at radius 1 is 1.32 bits per heavy atom. The molecule has 0 aliphatic rings. The quantitative estimate of drug-likeness (QED) is 0.674. The monoisotopic (exact) mass is 277 g/mol. The molecule has 2 rings (SSSR count). The Bertz CT molecular complexity index is 552. The van der Waals surface area contributed by atoms with Crippen molar-refractivity contribution in [3.05, 3.63) is 46.2 Å². The first-order valence-corrected chi connectivity index (χ1v) is 6.81. The molecule has 2 aromatic rings. The molecule has 0 bridgehead atoms. The van der Waals surface area contributed by atoms with Crippen LogP contribution in [0.4, 0.5) is 5.69 Å². The highest BCUT2D eigenvalue weighted by Gasteiger charge is 2.14. The molecule has 5 heteroatoms. The number of carbonyl (C=O) groups is 1. The van der Waals surface area contributed by atoms with Crippen molar-refractivity contribution in [2.75, 3.05) is 12.3 Å². The number of nitrogens with two attached hydrogens (primary N) is 1. The summed E-state index contributed by atoms with van der Waals surface area (Å²) in [7, 11) is 0. The van der Waals surface area contributed by atoms with E-state index in [0.29, 0.717) is 30.2 Å². The fourth-order valence-corrected chi connectivity index (χ4v) is 2.22. The summed E-state index contributed by atoms with van der Waals surface area (Å²) in [5.41, 5.74) is 6.59.